The number of amides is 1. The lowest BCUT2D eigenvalue weighted by Crippen LogP contribution is -2.49. The van der Waals surface area contributed by atoms with Crippen LogP contribution in [0.3, 0.4) is 0 Å². The van der Waals surface area contributed by atoms with E-state index in [1.54, 1.807) is 23.5 Å². The molecule has 8 nitrogen and oxygen atoms in total. The van der Waals surface area contributed by atoms with E-state index in [1.807, 2.05) is 18.2 Å². The molecule has 4 aromatic rings. The fourth-order valence-corrected chi connectivity index (χ4v) is 7.03. The smallest absolute Gasteiger partial charge is 0.243 e. The summed E-state index contributed by atoms with van der Waals surface area (Å²) in [6.07, 6.45) is 0.641. The Morgan fingerprint density at radius 2 is 1.65 bits per heavy atom. The van der Waals surface area contributed by atoms with Crippen molar-refractivity contribution in [2.75, 3.05) is 36.4 Å². The van der Waals surface area contributed by atoms with Crippen LogP contribution in [-0.4, -0.2) is 54.8 Å². The maximum absolute atomic E-state index is 13.3. The van der Waals surface area contributed by atoms with Crippen LogP contribution in [0.5, 0.6) is 0 Å². The first-order valence-electron chi connectivity index (χ1n) is 12.2. The summed E-state index contributed by atoms with van der Waals surface area (Å²) in [4.78, 5) is 25.7. The number of anilines is 2. The van der Waals surface area contributed by atoms with Gasteiger partial charge >= 0.3 is 0 Å². The number of hydrogen-bond acceptors (Lipinski definition) is 7. The Hall–Kier alpha value is -3.34. The predicted octanol–water partition coefficient (Wildman–Crippen LogP) is 4.37. The van der Waals surface area contributed by atoms with Crippen molar-refractivity contribution >= 4 is 49.0 Å². The molecule has 0 atom stereocenters. The van der Waals surface area contributed by atoms with Gasteiger partial charge in [0.25, 0.3) is 0 Å². The number of carbonyl (C=O) groups excluding carboxylic acids is 1. The number of nitrogens with zero attached hydrogens (tertiary/aromatic N) is 4. The summed E-state index contributed by atoms with van der Waals surface area (Å²) in [5, 5.41) is 3.72. The van der Waals surface area contributed by atoms with E-state index in [0.717, 1.165) is 27.4 Å². The highest BCUT2D eigenvalue weighted by Gasteiger charge is 2.30. The van der Waals surface area contributed by atoms with E-state index in [0.29, 0.717) is 38.3 Å². The minimum absolute atomic E-state index is 0.200. The second-order valence-electron chi connectivity index (χ2n) is 9.19. The summed E-state index contributed by atoms with van der Waals surface area (Å²) in [6.45, 7) is 7.41. The number of hydrogen-bond donors (Lipinski definition) is 1. The maximum atomic E-state index is 13.3. The summed E-state index contributed by atoms with van der Waals surface area (Å²) < 4.78 is 28.1. The number of aryl methyl sites for hydroxylation is 2. The molecule has 1 aliphatic rings. The number of thiophene rings is 1. The van der Waals surface area contributed by atoms with Crippen LogP contribution in [0.4, 0.5) is 11.5 Å². The zero-order valence-corrected chi connectivity index (χ0v) is 22.7. The van der Waals surface area contributed by atoms with Gasteiger partial charge in [-0.05, 0) is 49.2 Å². The molecule has 2 aromatic carbocycles. The standard InChI is InChI=1S/C27H29N5O3S2/c1-18-19(2)36-27-25(18)26(29-24(30-27)17-21-7-5-4-6-8-21)31-13-15-32(16-14-31)37(34,35)23-11-9-22(10-12-23)28-20(3)33/h4-12H,13-17H2,1-3H3,(H,28,33). The van der Waals surface area contributed by atoms with E-state index >= 15 is 0 Å². The summed E-state index contributed by atoms with van der Waals surface area (Å²) in [7, 11) is -3.65. The van der Waals surface area contributed by atoms with Gasteiger partial charge in [0, 0.05) is 50.1 Å². The molecule has 37 heavy (non-hydrogen) atoms. The zero-order valence-electron chi connectivity index (χ0n) is 21.1. The highest BCUT2D eigenvalue weighted by molar-refractivity contribution is 7.89. The molecule has 0 aliphatic carbocycles. The Bertz CT molecular complexity index is 1540. The molecule has 0 saturated carbocycles. The van der Waals surface area contributed by atoms with Crippen molar-refractivity contribution in [3.63, 3.8) is 0 Å². The zero-order chi connectivity index (χ0) is 26.2. The second-order valence-corrected chi connectivity index (χ2v) is 12.3. The van der Waals surface area contributed by atoms with Crippen LogP contribution in [-0.2, 0) is 21.2 Å². The third-order valence-corrected chi connectivity index (χ3v) is 9.63. The van der Waals surface area contributed by atoms with Gasteiger partial charge in [0.1, 0.15) is 16.5 Å². The van der Waals surface area contributed by atoms with Gasteiger partial charge in [0.05, 0.1) is 10.3 Å². The average molecular weight is 536 g/mol. The lowest BCUT2D eigenvalue weighted by atomic mass is 10.1. The fraction of sp³-hybridized carbons (Fsp3) is 0.296. The van der Waals surface area contributed by atoms with Gasteiger partial charge in [-0.1, -0.05) is 30.3 Å². The Kier molecular flexibility index (Phi) is 6.98. The van der Waals surface area contributed by atoms with Crippen LogP contribution in [0.25, 0.3) is 10.2 Å². The summed E-state index contributed by atoms with van der Waals surface area (Å²) in [6, 6.07) is 16.5. The number of nitrogens with one attached hydrogen (secondary N) is 1. The Morgan fingerprint density at radius 1 is 0.973 bits per heavy atom. The molecule has 2 aromatic heterocycles. The van der Waals surface area contributed by atoms with Crippen LogP contribution >= 0.6 is 11.3 Å². The molecule has 0 unspecified atom stereocenters. The third-order valence-electron chi connectivity index (χ3n) is 6.61. The predicted molar refractivity (Wildman–Crippen MR) is 148 cm³/mol. The highest BCUT2D eigenvalue weighted by atomic mass is 32.2. The second kappa shape index (κ2) is 10.2. The highest BCUT2D eigenvalue weighted by Crippen LogP contribution is 2.36. The molecule has 1 N–H and O–H groups in total. The molecular weight excluding hydrogens is 506 g/mol. The maximum Gasteiger partial charge on any atom is 0.243 e. The van der Waals surface area contributed by atoms with Crippen molar-refractivity contribution in [2.45, 2.75) is 32.1 Å². The van der Waals surface area contributed by atoms with Crippen molar-refractivity contribution in [3.8, 4) is 0 Å². The third kappa shape index (κ3) is 5.22. The first-order valence-corrected chi connectivity index (χ1v) is 14.4. The number of benzene rings is 2. The van der Waals surface area contributed by atoms with E-state index < -0.39 is 10.0 Å². The van der Waals surface area contributed by atoms with E-state index in [-0.39, 0.29) is 10.8 Å². The SMILES string of the molecule is CC(=O)Nc1ccc(S(=O)(=O)N2CCN(c3nc(Cc4ccccc4)nc4sc(C)c(C)c34)CC2)cc1. The number of sulfonamides is 1. The molecule has 10 heteroatoms. The van der Waals surface area contributed by atoms with E-state index in [4.69, 9.17) is 9.97 Å². The Labute approximate surface area is 221 Å². The molecule has 1 amide bonds. The van der Waals surface area contributed by atoms with Crippen LogP contribution in [0.1, 0.15) is 28.8 Å². The van der Waals surface area contributed by atoms with Crippen LogP contribution in [0.15, 0.2) is 59.5 Å². The van der Waals surface area contributed by atoms with Crippen LogP contribution in [0, 0.1) is 13.8 Å². The normalized spacial score (nSPS) is 14.7. The molecule has 192 valence electrons. The van der Waals surface area contributed by atoms with E-state index in [1.165, 1.54) is 33.8 Å². The Morgan fingerprint density at radius 3 is 2.30 bits per heavy atom. The molecule has 5 rings (SSSR count). The molecule has 0 bridgehead atoms. The molecule has 1 fully saturated rings. The van der Waals surface area contributed by atoms with Gasteiger partial charge in [-0.15, -0.1) is 11.3 Å². The van der Waals surface area contributed by atoms with Crippen LogP contribution < -0.4 is 10.2 Å². The first-order chi connectivity index (χ1) is 17.7. The van der Waals surface area contributed by atoms with Gasteiger partial charge in [-0.2, -0.15) is 4.31 Å². The van der Waals surface area contributed by atoms with Gasteiger partial charge in [0.15, 0.2) is 0 Å². The van der Waals surface area contributed by atoms with Gasteiger partial charge < -0.3 is 10.2 Å². The van der Waals surface area contributed by atoms with Crippen molar-refractivity contribution in [3.05, 3.63) is 76.4 Å². The number of aromatic nitrogens is 2. The molecule has 3 heterocycles. The number of piperazine rings is 1. The van der Waals surface area contributed by atoms with Gasteiger partial charge in [-0.25, -0.2) is 18.4 Å². The summed E-state index contributed by atoms with van der Waals surface area (Å²) in [5.41, 5.74) is 2.89. The summed E-state index contributed by atoms with van der Waals surface area (Å²) in [5.74, 6) is 1.45. The fourth-order valence-electron chi connectivity index (χ4n) is 4.56. The topological polar surface area (TPSA) is 95.5 Å². The Balaban J connectivity index is 1.38. The van der Waals surface area contributed by atoms with E-state index in [2.05, 4.69) is 36.2 Å². The van der Waals surface area contributed by atoms with Crippen molar-refractivity contribution < 1.29 is 13.2 Å². The lowest BCUT2D eigenvalue weighted by molar-refractivity contribution is -0.114. The molecule has 0 spiro atoms. The minimum Gasteiger partial charge on any atom is -0.353 e. The summed E-state index contributed by atoms with van der Waals surface area (Å²) >= 11 is 1.68. The molecule has 1 saturated heterocycles. The molecule has 0 radical (unpaired) electrons. The number of rotatable bonds is 6. The number of carbonyl (C=O) groups is 1. The quantitative estimate of drug-likeness (QED) is 0.394. The molecular formula is C27H29N5O3S2. The van der Waals surface area contributed by atoms with Crippen molar-refractivity contribution in [1.29, 1.82) is 0 Å². The lowest BCUT2D eigenvalue weighted by Gasteiger charge is -2.35. The number of fused-ring (bicyclic) bond motifs is 1. The van der Waals surface area contributed by atoms with Gasteiger partial charge in [-0.3, -0.25) is 4.79 Å². The first kappa shape index (κ1) is 25.3. The monoisotopic (exact) mass is 535 g/mol. The van der Waals surface area contributed by atoms with Crippen LogP contribution in [0.2, 0.25) is 0 Å². The minimum atomic E-state index is -3.65. The van der Waals surface area contributed by atoms with Gasteiger partial charge in [0.2, 0.25) is 15.9 Å². The average Bonchev–Trinajstić information content (AvgIpc) is 3.17. The largest absolute Gasteiger partial charge is 0.353 e. The van der Waals surface area contributed by atoms with Crippen molar-refractivity contribution in [2.24, 2.45) is 0 Å². The van der Waals surface area contributed by atoms with E-state index in [9.17, 15) is 13.2 Å². The van der Waals surface area contributed by atoms with Crippen molar-refractivity contribution in [1.82, 2.24) is 14.3 Å². The molecule has 1 aliphatic heterocycles.